The van der Waals surface area contributed by atoms with E-state index in [9.17, 15) is 15.0 Å². The lowest BCUT2D eigenvalue weighted by Gasteiger charge is -2.08. The summed E-state index contributed by atoms with van der Waals surface area (Å²) in [5, 5.41) is 27.0. The van der Waals surface area contributed by atoms with Gasteiger partial charge in [0.05, 0.1) is 0 Å². The summed E-state index contributed by atoms with van der Waals surface area (Å²) in [6.07, 6.45) is 0. The van der Waals surface area contributed by atoms with Crippen molar-refractivity contribution in [3.05, 3.63) is 23.3 Å². The second kappa shape index (κ2) is 3.95. The average Bonchev–Trinajstić information content (AvgIpc) is 2.18. The summed E-state index contributed by atoms with van der Waals surface area (Å²) in [5.74, 6) is -1.85. The standard InChI is InChI=1S/C8H10N2O4/c9-3-4-1-2-5(11)6(7(4)12)8(13)10-14/h1-2,11-12,14H,3,9H2,(H,10,13). The summed E-state index contributed by atoms with van der Waals surface area (Å²) < 4.78 is 0. The van der Waals surface area contributed by atoms with Crippen molar-refractivity contribution < 1.29 is 20.2 Å². The Morgan fingerprint density at radius 1 is 1.43 bits per heavy atom. The largest absolute Gasteiger partial charge is 0.507 e. The number of phenolic OH excluding ortho intramolecular Hbond substituents is 2. The van der Waals surface area contributed by atoms with Crippen LogP contribution in [0.5, 0.6) is 11.5 Å². The van der Waals surface area contributed by atoms with Crippen molar-refractivity contribution in [1.29, 1.82) is 0 Å². The zero-order valence-electron chi connectivity index (χ0n) is 7.19. The molecule has 0 unspecified atom stereocenters. The van der Waals surface area contributed by atoms with E-state index in [1.807, 2.05) is 0 Å². The number of nitrogens with two attached hydrogens (primary N) is 1. The van der Waals surface area contributed by atoms with Gasteiger partial charge in [-0.3, -0.25) is 10.0 Å². The lowest BCUT2D eigenvalue weighted by molar-refractivity contribution is 0.0700. The number of hydrogen-bond acceptors (Lipinski definition) is 5. The molecule has 6 N–H and O–H groups in total. The molecule has 1 rings (SSSR count). The number of aromatic hydroxyl groups is 2. The molecule has 0 aliphatic carbocycles. The Balaban J connectivity index is 3.32. The molecule has 1 amide bonds. The molecule has 6 heteroatoms. The third-order valence-corrected chi connectivity index (χ3v) is 1.79. The van der Waals surface area contributed by atoms with Crippen molar-refractivity contribution in [1.82, 2.24) is 5.48 Å². The number of carbonyl (C=O) groups excluding carboxylic acids is 1. The summed E-state index contributed by atoms with van der Waals surface area (Å²) in [5.41, 5.74) is 6.50. The molecule has 0 atom stereocenters. The molecular formula is C8H10N2O4. The van der Waals surface area contributed by atoms with E-state index in [4.69, 9.17) is 10.9 Å². The number of phenols is 2. The monoisotopic (exact) mass is 198 g/mol. The number of hydrogen-bond donors (Lipinski definition) is 5. The zero-order chi connectivity index (χ0) is 10.7. The fourth-order valence-electron chi connectivity index (χ4n) is 1.07. The van der Waals surface area contributed by atoms with Gasteiger partial charge in [0, 0.05) is 12.1 Å². The quantitative estimate of drug-likeness (QED) is 0.330. The first kappa shape index (κ1) is 10.3. The van der Waals surface area contributed by atoms with Crippen molar-refractivity contribution >= 4 is 5.91 Å². The van der Waals surface area contributed by atoms with E-state index in [2.05, 4.69) is 0 Å². The Labute approximate surface area is 79.5 Å². The zero-order valence-corrected chi connectivity index (χ0v) is 7.19. The normalized spacial score (nSPS) is 9.86. The fraction of sp³-hybridized carbons (Fsp3) is 0.125. The van der Waals surface area contributed by atoms with Crippen LogP contribution in [0.4, 0.5) is 0 Å². The summed E-state index contributed by atoms with van der Waals surface area (Å²) >= 11 is 0. The summed E-state index contributed by atoms with van der Waals surface area (Å²) in [7, 11) is 0. The van der Waals surface area contributed by atoms with Gasteiger partial charge in [0.25, 0.3) is 5.91 Å². The minimum atomic E-state index is -0.990. The van der Waals surface area contributed by atoms with E-state index in [0.717, 1.165) is 0 Å². The minimum absolute atomic E-state index is 0.0256. The topological polar surface area (TPSA) is 116 Å². The number of amides is 1. The molecule has 0 fully saturated rings. The molecule has 0 saturated heterocycles. The molecule has 0 saturated carbocycles. The molecule has 76 valence electrons. The first-order valence-electron chi connectivity index (χ1n) is 3.80. The highest BCUT2D eigenvalue weighted by molar-refractivity contribution is 5.99. The number of carbonyl (C=O) groups is 1. The maximum Gasteiger partial charge on any atom is 0.282 e. The number of hydroxylamine groups is 1. The van der Waals surface area contributed by atoms with Gasteiger partial charge in [-0.15, -0.1) is 0 Å². The highest BCUT2D eigenvalue weighted by atomic mass is 16.5. The molecule has 0 aliphatic rings. The highest BCUT2D eigenvalue weighted by Crippen LogP contribution is 2.29. The van der Waals surface area contributed by atoms with Gasteiger partial charge in [-0.25, -0.2) is 5.48 Å². The van der Waals surface area contributed by atoms with Gasteiger partial charge < -0.3 is 15.9 Å². The lowest BCUT2D eigenvalue weighted by atomic mass is 10.1. The van der Waals surface area contributed by atoms with Gasteiger partial charge in [0.2, 0.25) is 0 Å². The molecule has 14 heavy (non-hydrogen) atoms. The molecule has 6 nitrogen and oxygen atoms in total. The van der Waals surface area contributed by atoms with Crippen molar-refractivity contribution in [2.45, 2.75) is 6.54 Å². The summed E-state index contributed by atoms with van der Waals surface area (Å²) in [4.78, 5) is 11.0. The Morgan fingerprint density at radius 2 is 2.07 bits per heavy atom. The molecule has 0 radical (unpaired) electrons. The Bertz CT molecular complexity index is 365. The first-order valence-corrected chi connectivity index (χ1v) is 3.80. The second-order valence-electron chi connectivity index (χ2n) is 2.61. The smallest absolute Gasteiger partial charge is 0.282 e. The molecule has 1 aromatic rings. The molecule has 0 aliphatic heterocycles. The maximum atomic E-state index is 11.0. The van der Waals surface area contributed by atoms with Crippen molar-refractivity contribution in [2.24, 2.45) is 5.73 Å². The second-order valence-corrected chi connectivity index (χ2v) is 2.61. The Hall–Kier alpha value is -1.79. The van der Waals surface area contributed by atoms with Crippen molar-refractivity contribution in [2.75, 3.05) is 0 Å². The van der Waals surface area contributed by atoms with E-state index in [0.29, 0.717) is 5.56 Å². The van der Waals surface area contributed by atoms with Crippen LogP contribution in [0, 0.1) is 0 Å². The van der Waals surface area contributed by atoms with Crippen LogP contribution in [-0.4, -0.2) is 21.3 Å². The molecular weight excluding hydrogens is 188 g/mol. The number of benzene rings is 1. The van der Waals surface area contributed by atoms with Crippen LogP contribution in [0.25, 0.3) is 0 Å². The van der Waals surface area contributed by atoms with Gasteiger partial charge in [0.1, 0.15) is 17.1 Å². The van der Waals surface area contributed by atoms with E-state index in [1.54, 1.807) is 0 Å². The first-order chi connectivity index (χ1) is 6.61. The minimum Gasteiger partial charge on any atom is -0.507 e. The van der Waals surface area contributed by atoms with Gasteiger partial charge in [0.15, 0.2) is 0 Å². The lowest BCUT2D eigenvalue weighted by Crippen LogP contribution is -2.19. The van der Waals surface area contributed by atoms with Crippen LogP contribution < -0.4 is 11.2 Å². The summed E-state index contributed by atoms with van der Waals surface area (Å²) in [6, 6.07) is 2.60. The van der Waals surface area contributed by atoms with Crippen LogP contribution in [-0.2, 0) is 6.54 Å². The van der Waals surface area contributed by atoms with Crippen LogP contribution in [0.3, 0.4) is 0 Å². The van der Waals surface area contributed by atoms with Crippen LogP contribution in [0.2, 0.25) is 0 Å². The van der Waals surface area contributed by atoms with Crippen LogP contribution in [0.15, 0.2) is 12.1 Å². The molecule has 0 spiro atoms. The predicted octanol–water partition coefficient (Wildman–Crippen LogP) is -0.325. The maximum absolute atomic E-state index is 11.0. The fourth-order valence-corrected chi connectivity index (χ4v) is 1.07. The Kier molecular flexibility index (Phi) is 2.90. The van der Waals surface area contributed by atoms with Gasteiger partial charge in [-0.05, 0) is 6.07 Å². The van der Waals surface area contributed by atoms with E-state index < -0.39 is 23.0 Å². The van der Waals surface area contributed by atoms with Crippen LogP contribution >= 0.6 is 0 Å². The van der Waals surface area contributed by atoms with Gasteiger partial charge in [-0.2, -0.15) is 0 Å². The van der Waals surface area contributed by atoms with E-state index in [-0.39, 0.29) is 6.54 Å². The molecule has 0 aromatic heterocycles. The number of rotatable bonds is 2. The molecule has 0 bridgehead atoms. The van der Waals surface area contributed by atoms with E-state index in [1.165, 1.54) is 17.6 Å². The molecule has 1 aromatic carbocycles. The number of nitrogens with one attached hydrogen (secondary N) is 1. The van der Waals surface area contributed by atoms with Crippen molar-refractivity contribution in [3.63, 3.8) is 0 Å². The average molecular weight is 198 g/mol. The SMILES string of the molecule is NCc1ccc(O)c(C(=O)NO)c1O. The third-order valence-electron chi connectivity index (χ3n) is 1.79. The Morgan fingerprint density at radius 3 is 2.57 bits per heavy atom. The van der Waals surface area contributed by atoms with Crippen molar-refractivity contribution in [3.8, 4) is 11.5 Å². The molecule has 0 heterocycles. The van der Waals surface area contributed by atoms with Gasteiger partial charge in [-0.1, -0.05) is 6.07 Å². The van der Waals surface area contributed by atoms with E-state index >= 15 is 0 Å². The predicted molar refractivity (Wildman–Crippen MR) is 46.9 cm³/mol. The highest BCUT2D eigenvalue weighted by Gasteiger charge is 2.18. The summed E-state index contributed by atoms with van der Waals surface area (Å²) in [6.45, 7) is 0.0256. The van der Waals surface area contributed by atoms with Crippen LogP contribution in [0.1, 0.15) is 15.9 Å². The van der Waals surface area contributed by atoms with Gasteiger partial charge >= 0.3 is 0 Å². The third kappa shape index (κ3) is 1.61.